The molecule has 0 amide bonds. The van der Waals surface area contributed by atoms with Crippen molar-refractivity contribution in [3.63, 3.8) is 0 Å². The fourth-order valence-electron chi connectivity index (χ4n) is 6.82. The molecular formula is C43H48O3. The first kappa shape index (κ1) is 32.9. The number of aryl methyl sites for hydroxylation is 3. The molecule has 5 rings (SSSR count). The lowest BCUT2D eigenvalue weighted by Crippen LogP contribution is -2.16. The summed E-state index contributed by atoms with van der Waals surface area (Å²) in [6.45, 7) is 18.7. The third-order valence-corrected chi connectivity index (χ3v) is 9.01. The van der Waals surface area contributed by atoms with E-state index in [-0.39, 0.29) is 34.0 Å². The number of phenols is 3. The molecule has 0 aliphatic rings. The molecule has 0 heterocycles. The molecule has 5 aromatic carbocycles. The second kappa shape index (κ2) is 12.4. The molecule has 0 unspecified atom stereocenters. The Morgan fingerprint density at radius 2 is 0.717 bits per heavy atom. The third-order valence-electron chi connectivity index (χ3n) is 9.01. The molecule has 3 N–H and O–H groups in total. The molecule has 238 valence electrons. The van der Waals surface area contributed by atoms with Crippen molar-refractivity contribution < 1.29 is 15.3 Å². The maximum absolute atomic E-state index is 12.5. The van der Waals surface area contributed by atoms with E-state index in [9.17, 15) is 15.3 Å². The first-order valence-electron chi connectivity index (χ1n) is 16.2. The summed E-state index contributed by atoms with van der Waals surface area (Å²) in [5, 5.41) is 36.6. The first-order chi connectivity index (χ1) is 21.6. The van der Waals surface area contributed by atoms with E-state index in [1.54, 1.807) is 0 Å². The molecule has 0 saturated carbocycles. The molecule has 3 nitrogen and oxygen atoms in total. The Balaban J connectivity index is 1.90. The highest BCUT2D eigenvalue weighted by molar-refractivity contribution is 5.64. The van der Waals surface area contributed by atoms with E-state index >= 15 is 0 Å². The van der Waals surface area contributed by atoms with Crippen LogP contribution < -0.4 is 0 Å². The van der Waals surface area contributed by atoms with Crippen LogP contribution in [0.4, 0.5) is 0 Å². The first-order valence-corrected chi connectivity index (χ1v) is 16.2. The van der Waals surface area contributed by atoms with Gasteiger partial charge in [-0.15, -0.1) is 0 Å². The summed E-state index contributed by atoms with van der Waals surface area (Å²) in [6.07, 6.45) is 0. The number of aromatic hydroxyl groups is 3. The van der Waals surface area contributed by atoms with E-state index in [1.807, 2.05) is 87.5 Å². The highest BCUT2D eigenvalue weighted by Gasteiger charge is 2.34. The average Bonchev–Trinajstić information content (AvgIpc) is 2.98. The van der Waals surface area contributed by atoms with Crippen molar-refractivity contribution >= 4 is 0 Å². The van der Waals surface area contributed by atoms with Crippen LogP contribution in [0.15, 0.2) is 97.1 Å². The van der Waals surface area contributed by atoms with Crippen molar-refractivity contribution in [3.8, 4) is 17.2 Å². The average molecular weight is 613 g/mol. The fourth-order valence-corrected chi connectivity index (χ4v) is 6.82. The van der Waals surface area contributed by atoms with Gasteiger partial charge in [-0.25, -0.2) is 0 Å². The van der Waals surface area contributed by atoms with Crippen molar-refractivity contribution in [2.45, 2.75) is 85.0 Å². The van der Waals surface area contributed by atoms with E-state index in [2.05, 4.69) is 71.9 Å². The molecule has 0 fully saturated rings. The van der Waals surface area contributed by atoms with E-state index in [0.717, 1.165) is 44.5 Å². The molecule has 0 aliphatic heterocycles. The van der Waals surface area contributed by atoms with Crippen LogP contribution in [0.25, 0.3) is 0 Å². The SMILES string of the molecule is Cc1cc(C(c2ccccc2)c2ccccc2)c(O)c(C(c2cc(C)cc(C(C)(C)C)c2O)c2cc(C)cc(C(C)(C)C)c2O)c1. The highest BCUT2D eigenvalue weighted by atomic mass is 16.3. The van der Waals surface area contributed by atoms with Crippen molar-refractivity contribution in [1.82, 2.24) is 0 Å². The largest absolute Gasteiger partial charge is 0.507 e. The third kappa shape index (κ3) is 6.42. The summed E-state index contributed by atoms with van der Waals surface area (Å²) in [5.74, 6) is -0.343. The number of hydrogen-bond acceptors (Lipinski definition) is 3. The van der Waals surface area contributed by atoms with Crippen LogP contribution >= 0.6 is 0 Å². The molecule has 3 heteroatoms. The minimum Gasteiger partial charge on any atom is -0.507 e. The van der Waals surface area contributed by atoms with Gasteiger partial charge in [0.2, 0.25) is 0 Å². The molecule has 0 atom stereocenters. The Morgan fingerprint density at radius 1 is 0.413 bits per heavy atom. The lowest BCUT2D eigenvalue weighted by atomic mass is 9.74. The predicted octanol–water partition coefficient (Wildman–Crippen LogP) is 10.7. The van der Waals surface area contributed by atoms with E-state index in [0.29, 0.717) is 16.7 Å². The maximum Gasteiger partial charge on any atom is 0.123 e. The maximum atomic E-state index is 12.5. The van der Waals surface area contributed by atoms with Gasteiger partial charge >= 0.3 is 0 Å². The summed E-state index contributed by atoms with van der Waals surface area (Å²) in [4.78, 5) is 0. The smallest absolute Gasteiger partial charge is 0.123 e. The van der Waals surface area contributed by atoms with Gasteiger partial charge in [0.05, 0.1) is 0 Å². The van der Waals surface area contributed by atoms with Crippen molar-refractivity contribution in [3.05, 3.63) is 158 Å². The summed E-state index contributed by atoms with van der Waals surface area (Å²) in [5.41, 5.74) is 8.88. The summed E-state index contributed by atoms with van der Waals surface area (Å²) >= 11 is 0. The molecule has 0 bridgehead atoms. The summed E-state index contributed by atoms with van der Waals surface area (Å²) in [7, 11) is 0. The molecule has 5 aromatic rings. The molecule has 0 radical (unpaired) electrons. The Kier molecular flexibility index (Phi) is 8.84. The van der Waals surface area contributed by atoms with E-state index in [1.165, 1.54) is 0 Å². The van der Waals surface area contributed by atoms with Gasteiger partial charge in [-0.05, 0) is 53.9 Å². The zero-order valence-electron chi connectivity index (χ0n) is 28.7. The van der Waals surface area contributed by atoms with Crippen LogP contribution in [0.5, 0.6) is 17.2 Å². The van der Waals surface area contributed by atoms with Crippen molar-refractivity contribution in [2.75, 3.05) is 0 Å². The molecule has 0 aliphatic carbocycles. The number of phenolic OH excluding ortho intramolecular Hbond substituents is 3. The van der Waals surface area contributed by atoms with Gasteiger partial charge in [0, 0.05) is 34.1 Å². The zero-order chi connectivity index (χ0) is 33.6. The van der Waals surface area contributed by atoms with Gasteiger partial charge in [-0.1, -0.05) is 155 Å². The monoisotopic (exact) mass is 612 g/mol. The van der Waals surface area contributed by atoms with Gasteiger partial charge in [-0.3, -0.25) is 0 Å². The lowest BCUT2D eigenvalue weighted by Gasteiger charge is -2.31. The summed E-state index contributed by atoms with van der Waals surface area (Å²) in [6, 6.07) is 32.7. The topological polar surface area (TPSA) is 60.7 Å². The zero-order valence-corrected chi connectivity index (χ0v) is 28.7. The molecule has 0 saturated heterocycles. The van der Waals surface area contributed by atoms with E-state index < -0.39 is 5.92 Å². The van der Waals surface area contributed by atoms with Crippen molar-refractivity contribution in [2.24, 2.45) is 0 Å². The standard InChI is InChI=1S/C43H48O3/c1-26-20-31(37(29-16-12-10-13-17-29)30-18-14-11-15-19-30)39(44)32(21-26)38(33-22-27(2)24-35(40(33)45)42(4,5)6)34-23-28(3)25-36(41(34)46)43(7,8)9/h10-25,37-38,44-46H,1-9H3. The second-order valence-electron chi connectivity index (χ2n) is 15.0. The lowest BCUT2D eigenvalue weighted by molar-refractivity contribution is 0.428. The van der Waals surface area contributed by atoms with Gasteiger partial charge in [-0.2, -0.15) is 0 Å². The Bertz CT molecular complexity index is 1750. The van der Waals surface area contributed by atoms with Crippen LogP contribution in [0.2, 0.25) is 0 Å². The van der Waals surface area contributed by atoms with Gasteiger partial charge < -0.3 is 15.3 Å². The molecule has 46 heavy (non-hydrogen) atoms. The Morgan fingerprint density at radius 3 is 1.07 bits per heavy atom. The fraction of sp³-hybridized carbons (Fsp3) is 0.302. The number of hydrogen-bond donors (Lipinski definition) is 3. The van der Waals surface area contributed by atoms with Crippen LogP contribution in [0.1, 0.15) is 115 Å². The number of rotatable bonds is 6. The molecule has 0 aromatic heterocycles. The Labute approximate surface area is 275 Å². The van der Waals surface area contributed by atoms with Gasteiger partial charge in [0.1, 0.15) is 17.2 Å². The van der Waals surface area contributed by atoms with Crippen LogP contribution in [-0.4, -0.2) is 15.3 Å². The predicted molar refractivity (Wildman–Crippen MR) is 191 cm³/mol. The quantitative estimate of drug-likeness (QED) is 0.167. The molecule has 0 spiro atoms. The highest BCUT2D eigenvalue weighted by Crippen LogP contribution is 2.51. The van der Waals surface area contributed by atoms with Crippen LogP contribution in [0, 0.1) is 20.8 Å². The van der Waals surface area contributed by atoms with Gasteiger partial charge in [0.25, 0.3) is 0 Å². The van der Waals surface area contributed by atoms with E-state index in [4.69, 9.17) is 0 Å². The minimum absolute atomic E-state index is 0.157. The minimum atomic E-state index is -0.646. The van der Waals surface area contributed by atoms with Crippen LogP contribution in [-0.2, 0) is 10.8 Å². The Hall–Kier alpha value is -4.50. The van der Waals surface area contributed by atoms with Crippen molar-refractivity contribution in [1.29, 1.82) is 0 Å². The second-order valence-corrected chi connectivity index (χ2v) is 15.0. The normalized spacial score (nSPS) is 12.2. The van der Waals surface area contributed by atoms with Crippen LogP contribution in [0.3, 0.4) is 0 Å². The summed E-state index contributed by atoms with van der Waals surface area (Å²) < 4.78 is 0. The molecular weight excluding hydrogens is 564 g/mol. The number of benzene rings is 5. The van der Waals surface area contributed by atoms with Gasteiger partial charge in [0.15, 0.2) is 0 Å².